The van der Waals surface area contributed by atoms with E-state index in [9.17, 15) is 4.79 Å². The van der Waals surface area contributed by atoms with Crippen molar-refractivity contribution in [2.24, 2.45) is 0 Å². The number of nitrogens with one attached hydrogen (secondary N) is 1. The largest absolute Gasteiger partial charge is 0.493 e. The molecule has 1 aliphatic heterocycles. The molecular weight excluding hydrogens is 270 g/mol. The maximum atomic E-state index is 12.3. The second kappa shape index (κ2) is 7.06. The molecule has 1 aromatic rings. The number of methoxy groups -OCH3 is 2. The summed E-state index contributed by atoms with van der Waals surface area (Å²) in [6.45, 7) is 1.58. The van der Waals surface area contributed by atoms with Gasteiger partial charge in [-0.1, -0.05) is 12.8 Å². The van der Waals surface area contributed by atoms with E-state index in [1.54, 1.807) is 26.4 Å². The fourth-order valence-corrected chi connectivity index (χ4v) is 2.47. The molecule has 0 atom stereocenters. The van der Waals surface area contributed by atoms with Gasteiger partial charge in [-0.2, -0.15) is 0 Å². The van der Waals surface area contributed by atoms with Crippen LogP contribution in [0.4, 0.5) is 16.2 Å². The van der Waals surface area contributed by atoms with Crippen molar-refractivity contribution in [1.29, 1.82) is 0 Å². The zero-order valence-electron chi connectivity index (χ0n) is 12.6. The van der Waals surface area contributed by atoms with E-state index in [0.29, 0.717) is 22.9 Å². The van der Waals surface area contributed by atoms with Gasteiger partial charge in [-0.05, 0) is 12.8 Å². The van der Waals surface area contributed by atoms with E-state index < -0.39 is 0 Å². The SMILES string of the molecule is COc1cc(N)c(NC(=O)N2CCCCCC2)cc1OC. The van der Waals surface area contributed by atoms with Crippen LogP contribution in [-0.4, -0.2) is 38.2 Å². The van der Waals surface area contributed by atoms with E-state index in [1.165, 1.54) is 12.8 Å². The molecule has 2 amide bonds. The molecule has 3 N–H and O–H groups in total. The van der Waals surface area contributed by atoms with Gasteiger partial charge in [0.2, 0.25) is 0 Å². The summed E-state index contributed by atoms with van der Waals surface area (Å²) >= 11 is 0. The monoisotopic (exact) mass is 293 g/mol. The Morgan fingerprint density at radius 2 is 1.67 bits per heavy atom. The highest BCUT2D eigenvalue weighted by Gasteiger charge is 2.17. The van der Waals surface area contributed by atoms with Gasteiger partial charge in [0.25, 0.3) is 0 Å². The number of urea groups is 1. The summed E-state index contributed by atoms with van der Waals surface area (Å²) < 4.78 is 10.4. The third kappa shape index (κ3) is 3.71. The zero-order valence-corrected chi connectivity index (χ0v) is 12.6. The predicted molar refractivity (Wildman–Crippen MR) is 83.0 cm³/mol. The Hall–Kier alpha value is -2.11. The van der Waals surface area contributed by atoms with Gasteiger partial charge < -0.3 is 25.4 Å². The molecule has 0 radical (unpaired) electrons. The zero-order chi connectivity index (χ0) is 15.2. The maximum absolute atomic E-state index is 12.3. The number of amides is 2. The minimum atomic E-state index is -0.115. The fourth-order valence-electron chi connectivity index (χ4n) is 2.47. The standard InChI is InChI=1S/C15H23N3O3/c1-20-13-9-11(16)12(10-14(13)21-2)17-15(19)18-7-5-3-4-6-8-18/h9-10H,3-8,16H2,1-2H3,(H,17,19). The lowest BCUT2D eigenvalue weighted by Gasteiger charge is -2.22. The molecule has 0 aromatic heterocycles. The van der Waals surface area contributed by atoms with Gasteiger partial charge in [0.05, 0.1) is 25.6 Å². The van der Waals surface area contributed by atoms with Crippen molar-refractivity contribution >= 4 is 17.4 Å². The molecule has 6 nitrogen and oxygen atoms in total. The average molecular weight is 293 g/mol. The second-order valence-electron chi connectivity index (χ2n) is 5.13. The molecule has 0 bridgehead atoms. The van der Waals surface area contributed by atoms with E-state index in [4.69, 9.17) is 15.2 Å². The number of anilines is 2. The van der Waals surface area contributed by atoms with Crippen molar-refractivity contribution < 1.29 is 14.3 Å². The number of nitrogens with two attached hydrogens (primary N) is 1. The minimum absolute atomic E-state index is 0.115. The van der Waals surface area contributed by atoms with Gasteiger partial charge >= 0.3 is 6.03 Å². The van der Waals surface area contributed by atoms with Crippen LogP contribution < -0.4 is 20.5 Å². The molecule has 6 heteroatoms. The molecule has 1 aromatic carbocycles. The van der Waals surface area contributed by atoms with E-state index in [-0.39, 0.29) is 6.03 Å². The first-order chi connectivity index (χ1) is 10.2. The lowest BCUT2D eigenvalue weighted by Crippen LogP contribution is -2.35. The molecular formula is C15H23N3O3. The number of nitrogens with zero attached hydrogens (tertiary/aromatic N) is 1. The molecule has 0 saturated carbocycles. The number of benzene rings is 1. The molecule has 116 valence electrons. The van der Waals surface area contributed by atoms with Crippen LogP contribution in [0.25, 0.3) is 0 Å². The van der Waals surface area contributed by atoms with Crippen LogP contribution in [0, 0.1) is 0 Å². The summed E-state index contributed by atoms with van der Waals surface area (Å²) in [5, 5.41) is 2.86. The lowest BCUT2D eigenvalue weighted by molar-refractivity contribution is 0.214. The first kappa shape index (κ1) is 15.3. The van der Waals surface area contributed by atoms with Gasteiger partial charge in [0, 0.05) is 25.2 Å². The fraction of sp³-hybridized carbons (Fsp3) is 0.533. The average Bonchev–Trinajstić information content (AvgIpc) is 2.78. The van der Waals surface area contributed by atoms with Crippen LogP contribution in [-0.2, 0) is 0 Å². The van der Waals surface area contributed by atoms with Crippen molar-refractivity contribution in [2.75, 3.05) is 38.4 Å². The van der Waals surface area contributed by atoms with Crippen LogP contribution in [0.2, 0.25) is 0 Å². The van der Waals surface area contributed by atoms with Gasteiger partial charge in [-0.15, -0.1) is 0 Å². The second-order valence-corrected chi connectivity index (χ2v) is 5.13. The van der Waals surface area contributed by atoms with Crippen molar-refractivity contribution in [2.45, 2.75) is 25.7 Å². The Bertz CT molecular complexity index is 497. The molecule has 0 unspecified atom stereocenters. The lowest BCUT2D eigenvalue weighted by atomic mass is 10.2. The van der Waals surface area contributed by atoms with Gasteiger partial charge in [0.1, 0.15) is 0 Å². The number of carbonyl (C=O) groups excluding carboxylic acids is 1. The molecule has 1 fully saturated rings. The molecule has 0 aliphatic carbocycles. The van der Waals surface area contributed by atoms with Crippen molar-refractivity contribution in [3.8, 4) is 11.5 Å². The molecule has 0 spiro atoms. The van der Waals surface area contributed by atoms with Crippen molar-refractivity contribution in [3.05, 3.63) is 12.1 Å². The summed E-state index contributed by atoms with van der Waals surface area (Å²) in [7, 11) is 3.10. The Kier molecular flexibility index (Phi) is 5.14. The first-order valence-electron chi connectivity index (χ1n) is 7.23. The molecule has 2 rings (SSSR count). The number of rotatable bonds is 3. The van der Waals surface area contributed by atoms with Crippen LogP contribution >= 0.6 is 0 Å². The van der Waals surface area contributed by atoms with Crippen molar-refractivity contribution in [1.82, 2.24) is 4.90 Å². The molecule has 1 saturated heterocycles. The molecule has 1 heterocycles. The van der Waals surface area contributed by atoms with Crippen LogP contribution in [0.15, 0.2) is 12.1 Å². The van der Waals surface area contributed by atoms with E-state index >= 15 is 0 Å². The summed E-state index contributed by atoms with van der Waals surface area (Å²) in [5.41, 5.74) is 6.96. The van der Waals surface area contributed by atoms with Gasteiger partial charge in [0.15, 0.2) is 11.5 Å². The maximum Gasteiger partial charge on any atom is 0.321 e. The number of hydrogen-bond acceptors (Lipinski definition) is 4. The van der Waals surface area contributed by atoms with Gasteiger partial charge in [-0.3, -0.25) is 0 Å². The highest BCUT2D eigenvalue weighted by molar-refractivity contribution is 5.93. The normalized spacial score (nSPS) is 15.2. The van der Waals surface area contributed by atoms with Crippen LogP contribution in [0.5, 0.6) is 11.5 Å². The van der Waals surface area contributed by atoms with E-state index in [1.807, 2.05) is 4.90 Å². The highest BCUT2D eigenvalue weighted by Crippen LogP contribution is 2.34. The Labute approximate surface area is 125 Å². The number of nitrogen functional groups attached to an aromatic ring is 1. The quantitative estimate of drug-likeness (QED) is 0.840. The molecule has 1 aliphatic rings. The summed E-state index contributed by atoms with van der Waals surface area (Å²) in [5.74, 6) is 1.08. The van der Waals surface area contributed by atoms with E-state index in [0.717, 1.165) is 25.9 Å². The Morgan fingerprint density at radius 3 is 2.24 bits per heavy atom. The summed E-state index contributed by atoms with van der Waals surface area (Å²) in [6.07, 6.45) is 4.47. The number of hydrogen-bond donors (Lipinski definition) is 2. The highest BCUT2D eigenvalue weighted by atomic mass is 16.5. The topological polar surface area (TPSA) is 76.8 Å². The molecule has 21 heavy (non-hydrogen) atoms. The third-order valence-electron chi connectivity index (χ3n) is 3.69. The van der Waals surface area contributed by atoms with Crippen LogP contribution in [0.1, 0.15) is 25.7 Å². The summed E-state index contributed by atoms with van der Waals surface area (Å²) in [6, 6.07) is 3.22. The summed E-state index contributed by atoms with van der Waals surface area (Å²) in [4.78, 5) is 14.2. The number of ether oxygens (including phenoxy) is 2. The minimum Gasteiger partial charge on any atom is -0.493 e. The van der Waals surface area contributed by atoms with Crippen LogP contribution in [0.3, 0.4) is 0 Å². The predicted octanol–water partition coefficient (Wildman–Crippen LogP) is 2.69. The third-order valence-corrected chi connectivity index (χ3v) is 3.69. The first-order valence-corrected chi connectivity index (χ1v) is 7.23. The Morgan fingerprint density at radius 1 is 1.10 bits per heavy atom. The smallest absolute Gasteiger partial charge is 0.321 e. The van der Waals surface area contributed by atoms with Crippen molar-refractivity contribution in [3.63, 3.8) is 0 Å². The number of carbonyl (C=O) groups is 1. The van der Waals surface area contributed by atoms with E-state index in [2.05, 4.69) is 5.32 Å². The number of likely N-dealkylation sites (tertiary alicyclic amines) is 1. The Balaban J connectivity index is 2.12. The van der Waals surface area contributed by atoms with Gasteiger partial charge in [-0.25, -0.2) is 4.79 Å².